The monoisotopic (exact) mass is 242 g/mol. The minimum atomic E-state index is -0.393. The van der Waals surface area contributed by atoms with Crippen LogP contribution in [0.2, 0.25) is 0 Å². The van der Waals surface area contributed by atoms with Crippen molar-refractivity contribution in [2.75, 3.05) is 18.8 Å². The molecular formula is C14H14N2O2. The average molecular weight is 242 g/mol. The molecule has 0 saturated carbocycles. The van der Waals surface area contributed by atoms with Gasteiger partial charge in [0.2, 0.25) is 0 Å². The Morgan fingerprint density at radius 1 is 1.22 bits per heavy atom. The molecule has 2 aromatic rings. The molecule has 1 fully saturated rings. The summed E-state index contributed by atoms with van der Waals surface area (Å²) in [5.74, 6) is -0.108. The number of aliphatic hydroxyl groups is 1. The van der Waals surface area contributed by atoms with E-state index in [4.69, 9.17) is 5.73 Å². The number of hydrogen-bond donors (Lipinski definition) is 2. The first kappa shape index (κ1) is 11.0. The van der Waals surface area contributed by atoms with Crippen LogP contribution in [0.1, 0.15) is 10.4 Å². The molecular weight excluding hydrogens is 228 g/mol. The Kier molecular flexibility index (Phi) is 2.45. The number of carbonyl (C=O) groups excluding carboxylic acids is 1. The van der Waals surface area contributed by atoms with Gasteiger partial charge in [-0.3, -0.25) is 4.79 Å². The van der Waals surface area contributed by atoms with Crippen molar-refractivity contribution in [1.29, 1.82) is 0 Å². The number of anilines is 1. The zero-order valence-electron chi connectivity index (χ0n) is 9.84. The van der Waals surface area contributed by atoms with Crippen LogP contribution in [0.3, 0.4) is 0 Å². The van der Waals surface area contributed by atoms with E-state index in [1.54, 1.807) is 4.90 Å². The van der Waals surface area contributed by atoms with Crippen molar-refractivity contribution < 1.29 is 9.90 Å². The highest BCUT2D eigenvalue weighted by atomic mass is 16.3. The number of nitrogen functional groups attached to an aromatic ring is 1. The van der Waals surface area contributed by atoms with Gasteiger partial charge >= 0.3 is 0 Å². The van der Waals surface area contributed by atoms with Crippen molar-refractivity contribution in [1.82, 2.24) is 4.90 Å². The van der Waals surface area contributed by atoms with E-state index in [1.807, 2.05) is 36.4 Å². The van der Waals surface area contributed by atoms with Gasteiger partial charge in [-0.2, -0.15) is 0 Å². The molecule has 4 heteroatoms. The lowest BCUT2D eigenvalue weighted by molar-refractivity contribution is 0.00597. The summed E-state index contributed by atoms with van der Waals surface area (Å²) in [4.78, 5) is 13.8. The van der Waals surface area contributed by atoms with E-state index in [9.17, 15) is 9.90 Å². The van der Waals surface area contributed by atoms with Gasteiger partial charge in [-0.1, -0.05) is 24.3 Å². The van der Waals surface area contributed by atoms with Crippen LogP contribution in [0.4, 0.5) is 5.69 Å². The van der Waals surface area contributed by atoms with E-state index in [0.29, 0.717) is 24.3 Å². The molecule has 3 N–H and O–H groups in total. The van der Waals surface area contributed by atoms with Gasteiger partial charge in [0.1, 0.15) is 0 Å². The second-order valence-corrected chi connectivity index (χ2v) is 4.65. The third-order valence-electron chi connectivity index (χ3n) is 3.30. The minimum Gasteiger partial charge on any atom is -0.398 e. The van der Waals surface area contributed by atoms with Gasteiger partial charge in [-0.15, -0.1) is 0 Å². The molecule has 0 atom stereocenters. The van der Waals surface area contributed by atoms with Crippen LogP contribution in [0, 0.1) is 0 Å². The zero-order chi connectivity index (χ0) is 12.7. The number of hydrogen-bond acceptors (Lipinski definition) is 3. The van der Waals surface area contributed by atoms with Gasteiger partial charge in [0.05, 0.1) is 11.7 Å². The second-order valence-electron chi connectivity index (χ2n) is 4.65. The lowest BCUT2D eigenvalue weighted by Gasteiger charge is -2.36. The molecule has 0 spiro atoms. The first-order valence-corrected chi connectivity index (χ1v) is 5.91. The van der Waals surface area contributed by atoms with Crippen LogP contribution in [0.15, 0.2) is 36.4 Å². The van der Waals surface area contributed by atoms with Crippen LogP contribution in [0.5, 0.6) is 0 Å². The highest BCUT2D eigenvalue weighted by Crippen LogP contribution is 2.24. The molecule has 0 radical (unpaired) electrons. The molecule has 1 heterocycles. The van der Waals surface area contributed by atoms with Gasteiger partial charge in [-0.05, 0) is 22.9 Å². The summed E-state index contributed by atoms with van der Waals surface area (Å²) < 4.78 is 0. The first-order valence-electron chi connectivity index (χ1n) is 5.91. The van der Waals surface area contributed by atoms with Gasteiger partial charge in [0.25, 0.3) is 5.91 Å². The van der Waals surface area contributed by atoms with Gasteiger partial charge in [-0.25, -0.2) is 0 Å². The molecule has 0 unspecified atom stereocenters. The first-order chi connectivity index (χ1) is 8.65. The number of nitrogens with zero attached hydrogens (tertiary/aromatic N) is 1. The Hall–Kier alpha value is -2.07. The van der Waals surface area contributed by atoms with Gasteiger partial charge in [0, 0.05) is 18.8 Å². The minimum absolute atomic E-state index is 0.108. The highest BCUT2D eigenvalue weighted by Gasteiger charge is 2.30. The van der Waals surface area contributed by atoms with Crippen molar-refractivity contribution in [3.8, 4) is 0 Å². The van der Waals surface area contributed by atoms with Gasteiger partial charge < -0.3 is 15.7 Å². The zero-order valence-corrected chi connectivity index (χ0v) is 9.84. The predicted octanol–water partition coefficient (Wildman–Crippen LogP) is 1.24. The van der Waals surface area contributed by atoms with E-state index < -0.39 is 6.10 Å². The maximum Gasteiger partial charge on any atom is 0.256 e. The summed E-state index contributed by atoms with van der Waals surface area (Å²) in [5, 5.41) is 11.2. The van der Waals surface area contributed by atoms with E-state index >= 15 is 0 Å². The summed E-state index contributed by atoms with van der Waals surface area (Å²) in [7, 11) is 0. The summed E-state index contributed by atoms with van der Waals surface area (Å²) in [5.41, 5.74) is 6.93. The van der Waals surface area contributed by atoms with Crippen LogP contribution >= 0.6 is 0 Å². The van der Waals surface area contributed by atoms with Crippen molar-refractivity contribution in [2.24, 2.45) is 0 Å². The predicted molar refractivity (Wildman–Crippen MR) is 70.3 cm³/mol. The van der Waals surface area contributed by atoms with E-state index in [1.165, 1.54) is 0 Å². The summed E-state index contributed by atoms with van der Waals surface area (Å²) in [6.45, 7) is 0.788. The molecule has 1 saturated heterocycles. The summed E-state index contributed by atoms with van der Waals surface area (Å²) >= 11 is 0. The fraction of sp³-hybridized carbons (Fsp3) is 0.214. The molecule has 0 aliphatic carbocycles. The Morgan fingerprint density at radius 2 is 1.83 bits per heavy atom. The maximum absolute atomic E-state index is 12.2. The number of amides is 1. The van der Waals surface area contributed by atoms with Crippen molar-refractivity contribution >= 4 is 22.4 Å². The quantitative estimate of drug-likeness (QED) is 0.739. The fourth-order valence-electron chi connectivity index (χ4n) is 2.23. The highest BCUT2D eigenvalue weighted by molar-refractivity contribution is 6.04. The number of fused-ring (bicyclic) bond motifs is 1. The molecule has 0 bridgehead atoms. The number of likely N-dealkylation sites (tertiary alicyclic amines) is 1. The number of aliphatic hydroxyl groups excluding tert-OH is 1. The molecule has 1 aliphatic heterocycles. The Labute approximate surface area is 105 Å². The van der Waals surface area contributed by atoms with Crippen LogP contribution < -0.4 is 5.73 Å². The molecule has 3 rings (SSSR count). The Bertz CT molecular complexity index is 618. The number of benzene rings is 2. The SMILES string of the molecule is Nc1cc2ccccc2cc1C(=O)N1CC(O)C1. The van der Waals surface area contributed by atoms with E-state index in [2.05, 4.69) is 0 Å². The van der Waals surface area contributed by atoms with Crippen LogP contribution in [0.25, 0.3) is 10.8 Å². The molecule has 92 valence electrons. The molecule has 2 aromatic carbocycles. The number of nitrogens with two attached hydrogens (primary N) is 1. The lowest BCUT2D eigenvalue weighted by Crippen LogP contribution is -2.53. The standard InChI is InChI=1S/C14H14N2O2/c15-13-6-10-4-2-1-3-9(10)5-12(13)14(18)16-7-11(17)8-16/h1-6,11,17H,7-8,15H2. The Balaban J connectivity index is 2.01. The lowest BCUT2D eigenvalue weighted by atomic mass is 10.0. The third-order valence-corrected chi connectivity index (χ3v) is 3.30. The average Bonchev–Trinajstić information content (AvgIpc) is 2.33. The van der Waals surface area contributed by atoms with Gasteiger partial charge in [0.15, 0.2) is 0 Å². The van der Waals surface area contributed by atoms with Crippen molar-refractivity contribution in [3.63, 3.8) is 0 Å². The summed E-state index contributed by atoms with van der Waals surface area (Å²) in [6.07, 6.45) is -0.393. The topological polar surface area (TPSA) is 66.6 Å². The van der Waals surface area contributed by atoms with Crippen LogP contribution in [-0.2, 0) is 0 Å². The second kappa shape index (κ2) is 3.99. The summed E-state index contributed by atoms with van der Waals surface area (Å²) in [6, 6.07) is 11.4. The van der Waals surface area contributed by atoms with E-state index in [-0.39, 0.29) is 5.91 Å². The van der Waals surface area contributed by atoms with Crippen molar-refractivity contribution in [3.05, 3.63) is 42.0 Å². The molecule has 0 aromatic heterocycles. The maximum atomic E-state index is 12.2. The normalized spacial score (nSPS) is 15.7. The molecule has 18 heavy (non-hydrogen) atoms. The Morgan fingerprint density at radius 3 is 2.44 bits per heavy atom. The van der Waals surface area contributed by atoms with E-state index in [0.717, 1.165) is 10.8 Å². The number of carbonyl (C=O) groups is 1. The smallest absolute Gasteiger partial charge is 0.256 e. The number of rotatable bonds is 1. The molecule has 1 aliphatic rings. The number of β-amino-alcohol motifs (C(OH)–C–C–N with tert-alkyl or cyclic N) is 1. The molecule has 1 amide bonds. The largest absolute Gasteiger partial charge is 0.398 e. The molecule has 4 nitrogen and oxygen atoms in total. The third kappa shape index (κ3) is 1.71. The van der Waals surface area contributed by atoms with Crippen LogP contribution in [-0.4, -0.2) is 35.1 Å². The van der Waals surface area contributed by atoms with Crippen molar-refractivity contribution in [2.45, 2.75) is 6.10 Å². The fourth-order valence-corrected chi connectivity index (χ4v) is 2.23.